The molecule has 0 aromatic heterocycles. The van der Waals surface area contributed by atoms with Gasteiger partial charge >= 0.3 is 18.2 Å². The van der Waals surface area contributed by atoms with Gasteiger partial charge in [-0.15, -0.1) is 0 Å². The fourth-order valence-corrected chi connectivity index (χ4v) is 7.30. The van der Waals surface area contributed by atoms with Crippen LogP contribution < -0.4 is 20.5 Å². The molecule has 5 atom stereocenters. The summed E-state index contributed by atoms with van der Waals surface area (Å²) in [5, 5.41) is 2.55. The first-order chi connectivity index (χ1) is 29.4. The second-order valence-electron chi connectivity index (χ2n) is 17.7. The van der Waals surface area contributed by atoms with Crippen LogP contribution in [0.1, 0.15) is 98.6 Å². The standard InChI is InChI=1S/C47H71N3O12/c1-30(2)35(23-34-17-18-39(57-10)41(24-34)58-22-14-21-56-9)25-37-40(26-36(31(3)4)38(51)19-20-47(7,8)44(48)53)60-28-50(37)46(55)62-29-61-43(52)42(32(5)6)49-45(54)59-27-33-15-12-11-13-16-33/h11-13,15-18,24,30-32,35-37,40,42H,14,19-23,25-29H2,1-10H3,(H2,48,53)(H,49,54)/t35-,36-,37-,40-,42-/m0/s1. The lowest BCUT2D eigenvalue weighted by Crippen LogP contribution is -2.46. The zero-order valence-electron chi connectivity index (χ0n) is 38.4. The number of esters is 1. The highest BCUT2D eigenvalue weighted by Gasteiger charge is 2.43. The number of amides is 3. The van der Waals surface area contributed by atoms with Crippen LogP contribution in [0.4, 0.5) is 9.59 Å². The first kappa shape index (κ1) is 51.5. The zero-order chi connectivity index (χ0) is 46.0. The molecule has 3 N–H and O–H groups in total. The van der Waals surface area contributed by atoms with Crippen LogP contribution in [-0.2, 0) is 51.1 Å². The summed E-state index contributed by atoms with van der Waals surface area (Å²) in [6, 6.07) is 13.4. The summed E-state index contributed by atoms with van der Waals surface area (Å²) < 4.78 is 39.3. The first-order valence-corrected chi connectivity index (χ1v) is 21.7. The lowest BCUT2D eigenvalue weighted by molar-refractivity contribution is -0.156. The molecule has 1 aliphatic rings. The van der Waals surface area contributed by atoms with E-state index in [4.69, 9.17) is 38.9 Å². The van der Waals surface area contributed by atoms with Crippen molar-refractivity contribution in [3.63, 3.8) is 0 Å². The van der Waals surface area contributed by atoms with Crippen LogP contribution in [0.25, 0.3) is 0 Å². The number of hydrogen-bond donors (Lipinski definition) is 2. The summed E-state index contributed by atoms with van der Waals surface area (Å²) in [6.07, 6.45) is 0.618. The summed E-state index contributed by atoms with van der Waals surface area (Å²) in [5.41, 5.74) is 6.57. The molecule has 0 aliphatic carbocycles. The molecule has 0 saturated carbocycles. The molecule has 1 saturated heterocycles. The number of nitrogens with zero attached hydrogens (tertiary/aromatic N) is 1. The highest BCUT2D eigenvalue weighted by Crippen LogP contribution is 2.36. The monoisotopic (exact) mass is 870 g/mol. The summed E-state index contributed by atoms with van der Waals surface area (Å²) >= 11 is 0. The predicted molar refractivity (Wildman–Crippen MR) is 233 cm³/mol. The number of Topliss-reactive ketones (excluding diaryl/α,β-unsaturated/α-hetero) is 1. The molecule has 2 aromatic rings. The van der Waals surface area contributed by atoms with Gasteiger partial charge in [-0.05, 0) is 72.6 Å². The van der Waals surface area contributed by atoms with Crippen LogP contribution in [0.2, 0.25) is 0 Å². The predicted octanol–water partition coefficient (Wildman–Crippen LogP) is 7.45. The number of primary amides is 1. The highest BCUT2D eigenvalue weighted by molar-refractivity contribution is 5.84. The third-order valence-electron chi connectivity index (χ3n) is 11.6. The lowest BCUT2D eigenvalue weighted by atomic mass is 9.78. The molecule has 0 radical (unpaired) electrons. The van der Waals surface area contributed by atoms with Crippen LogP contribution >= 0.6 is 0 Å². The number of nitrogens with two attached hydrogens (primary N) is 1. The first-order valence-electron chi connectivity index (χ1n) is 21.7. The van der Waals surface area contributed by atoms with Crippen LogP contribution in [0.15, 0.2) is 48.5 Å². The van der Waals surface area contributed by atoms with Crippen molar-refractivity contribution >= 4 is 29.8 Å². The van der Waals surface area contributed by atoms with E-state index in [1.165, 1.54) is 4.90 Å². The third kappa shape index (κ3) is 16.1. The normalized spacial score (nSPS) is 16.8. The van der Waals surface area contributed by atoms with Gasteiger partial charge in [0.15, 0.2) is 11.5 Å². The number of alkyl carbamates (subject to hydrolysis) is 1. The molecule has 0 spiro atoms. The number of hydrogen-bond acceptors (Lipinski definition) is 12. The summed E-state index contributed by atoms with van der Waals surface area (Å²) in [5.74, 6) is -0.647. The molecule has 346 valence electrons. The van der Waals surface area contributed by atoms with Gasteiger partial charge in [-0.1, -0.05) is 91.8 Å². The zero-order valence-corrected chi connectivity index (χ0v) is 38.4. The lowest BCUT2D eigenvalue weighted by Gasteiger charge is -2.33. The number of methoxy groups -OCH3 is 2. The maximum atomic E-state index is 13.9. The van der Waals surface area contributed by atoms with Crippen LogP contribution in [0.5, 0.6) is 11.5 Å². The van der Waals surface area contributed by atoms with E-state index >= 15 is 0 Å². The molecule has 62 heavy (non-hydrogen) atoms. The Labute approximate surface area is 368 Å². The van der Waals surface area contributed by atoms with Crippen LogP contribution in [-0.4, -0.2) is 93.9 Å². The smallest absolute Gasteiger partial charge is 0.414 e. The van der Waals surface area contributed by atoms with E-state index < -0.39 is 60.4 Å². The van der Waals surface area contributed by atoms with Crippen molar-refractivity contribution in [3.8, 4) is 11.5 Å². The highest BCUT2D eigenvalue weighted by atomic mass is 16.7. The van der Waals surface area contributed by atoms with Gasteiger partial charge < -0.3 is 44.2 Å². The maximum Gasteiger partial charge on any atom is 0.414 e. The second-order valence-corrected chi connectivity index (χ2v) is 17.7. The van der Waals surface area contributed by atoms with Crippen molar-refractivity contribution < 1.29 is 57.1 Å². The van der Waals surface area contributed by atoms with Gasteiger partial charge in [0, 0.05) is 37.9 Å². The van der Waals surface area contributed by atoms with Crippen molar-refractivity contribution in [1.29, 1.82) is 0 Å². The Balaban J connectivity index is 1.80. The van der Waals surface area contributed by atoms with Crippen LogP contribution in [0.3, 0.4) is 0 Å². The molecule has 2 aromatic carbocycles. The average Bonchev–Trinajstić information content (AvgIpc) is 3.63. The molecule has 1 aliphatic heterocycles. The SMILES string of the molecule is COCCCOc1cc(C[C@@H](C[C@H]2[C@H](C[C@H](C(=O)CCC(C)(C)C(N)=O)C(C)C)OCN2C(=O)OCOC(=O)[C@@H](NC(=O)OCc2ccccc2)C(C)C)C(C)C)ccc1OC. The van der Waals surface area contributed by atoms with E-state index in [0.29, 0.717) is 56.8 Å². The number of carbonyl (C=O) groups is 5. The number of ketones is 1. The molecule has 3 amide bonds. The Morgan fingerprint density at radius 3 is 2.18 bits per heavy atom. The molecule has 15 nitrogen and oxygen atoms in total. The fourth-order valence-electron chi connectivity index (χ4n) is 7.30. The molecular formula is C47H71N3O12. The molecule has 0 unspecified atom stereocenters. The van der Waals surface area contributed by atoms with Crippen molar-refractivity contribution in [2.45, 2.75) is 119 Å². The molecule has 1 fully saturated rings. The van der Waals surface area contributed by atoms with Gasteiger partial charge in [-0.3, -0.25) is 14.5 Å². The molecule has 0 bridgehead atoms. The van der Waals surface area contributed by atoms with Crippen molar-refractivity contribution in [1.82, 2.24) is 10.2 Å². The molecule has 15 heteroatoms. The Kier molecular flexibility index (Phi) is 21.0. The van der Waals surface area contributed by atoms with Crippen molar-refractivity contribution in [3.05, 3.63) is 59.7 Å². The summed E-state index contributed by atoms with van der Waals surface area (Å²) in [6.45, 7) is 15.4. The number of nitrogens with one attached hydrogen (secondary N) is 1. The molecule has 1 heterocycles. The average molecular weight is 870 g/mol. The van der Waals surface area contributed by atoms with Gasteiger partial charge in [0.1, 0.15) is 25.2 Å². The third-order valence-corrected chi connectivity index (χ3v) is 11.6. The molecular weight excluding hydrogens is 799 g/mol. The van der Waals surface area contributed by atoms with Gasteiger partial charge in [0.25, 0.3) is 0 Å². The second kappa shape index (κ2) is 25.3. The van der Waals surface area contributed by atoms with Crippen molar-refractivity contribution in [2.75, 3.05) is 41.0 Å². The number of ether oxygens (including phenoxy) is 7. The van der Waals surface area contributed by atoms with Gasteiger partial charge in [0.05, 0.1) is 25.9 Å². The summed E-state index contributed by atoms with van der Waals surface area (Å²) in [4.78, 5) is 66.9. The van der Waals surface area contributed by atoms with E-state index in [-0.39, 0.29) is 49.2 Å². The van der Waals surface area contributed by atoms with Gasteiger partial charge in [-0.25, -0.2) is 14.4 Å². The van der Waals surface area contributed by atoms with E-state index in [1.807, 2.05) is 62.4 Å². The Hall–Kier alpha value is -4.89. The van der Waals surface area contributed by atoms with Gasteiger partial charge in [-0.2, -0.15) is 0 Å². The Morgan fingerprint density at radius 1 is 0.855 bits per heavy atom. The quantitative estimate of drug-likeness (QED) is 0.0540. The fraction of sp³-hybridized carbons (Fsp3) is 0.638. The minimum atomic E-state index is -1.07. The number of benzene rings is 2. The number of carbonyl (C=O) groups excluding carboxylic acids is 5. The van der Waals surface area contributed by atoms with Gasteiger partial charge in [0.2, 0.25) is 12.7 Å². The minimum absolute atomic E-state index is 0.00134. The largest absolute Gasteiger partial charge is 0.493 e. The number of rotatable bonds is 26. The van der Waals surface area contributed by atoms with E-state index in [0.717, 1.165) is 11.1 Å². The van der Waals surface area contributed by atoms with E-state index in [9.17, 15) is 24.0 Å². The van der Waals surface area contributed by atoms with E-state index in [2.05, 4.69) is 19.2 Å². The maximum absolute atomic E-state index is 13.9. The summed E-state index contributed by atoms with van der Waals surface area (Å²) in [7, 11) is 3.24. The Morgan fingerprint density at radius 2 is 1.56 bits per heavy atom. The molecule has 3 rings (SSSR count). The van der Waals surface area contributed by atoms with E-state index in [1.54, 1.807) is 41.9 Å². The minimum Gasteiger partial charge on any atom is -0.493 e. The van der Waals surface area contributed by atoms with Crippen molar-refractivity contribution in [2.24, 2.45) is 40.7 Å². The topological polar surface area (TPSA) is 191 Å². The van der Waals surface area contributed by atoms with Crippen LogP contribution in [0, 0.1) is 35.0 Å². The Bertz CT molecular complexity index is 1730.